The van der Waals surface area contributed by atoms with Crippen LogP contribution in [0.15, 0.2) is 35.8 Å². The molecule has 24 heavy (non-hydrogen) atoms. The van der Waals surface area contributed by atoms with Gasteiger partial charge in [0.05, 0.1) is 23.9 Å². The Morgan fingerprint density at radius 1 is 1.29 bits per heavy atom. The van der Waals surface area contributed by atoms with Crippen LogP contribution in [0.25, 0.3) is 0 Å². The second-order valence-electron chi connectivity index (χ2n) is 5.62. The smallest absolute Gasteiger partial charge is 0.263 e. The van der Waals surface area contributed by atoms with E-state index in [1.165, 1.54) is 11.3 Å². The normalized spacial score (nSPS) is 15.1. The van der Waals surface area contributed by atoms with Crippen LogP contribution in [0.4, 0.5) is 5.69 Å². The lowest BCUT2D eigenvalue weighted by Crippen LogP contribution is -2.41. The van der Waals surface area contributed by atoms with Crippen LogP contribution in [-0.4, -0.2) is 41.9 Å². The molecular weight excluding hydrogens is 326 g/mol. The minimum absolute atomic E-state index is 0.0230. The number of amides is 2. The first-order valence-electron chi connectivity index (χ1n) is 7.81. The number of hydrogen-bond donors (Lipinski definition) is 1. The summed E-state index contributed by atoms with van der Waals surface area (Å²) in [6.07, 6.45) is 2.92. The standard InChI is InChI=1S/C17H19N3O3S/c1-23-15-5-4-13(11-18-15)19-16(21)12-6-8-20(9-7-12)17(22)14-3-2-10-24-14/h2-5,10-12H,6-9H2,1H3,(H,19,21). The number of hydrogen-bond acceptors (Lipinski definition) is 5. The molecule has 2 aromatic rings. The monoisotopic (exact) mass is 345 g/mol. The quantitative estimate of drug-likeness (QED) is 0.925. The number of methoxy groups -OCH3 is 1. The molecule has 7 heteroatoms. The predicted molar refractivity (Wildman–Crippen MR) is 92.4 cm³/mol. The van der Waals surface area contributed by atoms with Crippen LogP contribution in [0.1, 0.15) is 22.5 Å². The molecule has 1 fully saturated rings. The molecule has 2 amide bonds. The highest BCUT2D eigenvalue weighted by Gasteiger charge is 2.28. The summed E-state index contributed by atoms with van der Waals surface area (Å²) in [7, 11) is 1.55. The molecule has 126 valence electrons. The molecular formula is C17H19N3O3S. The largest absolute Gasteiger partial charge is 0.481 e. The number of thiophene rings is 1. The Bertz CT molecular complexity index is 692. The topological polar surface area (TPSA) is 71.5 Å². The highest BCUT2D eigenvalue weighted by atomic mass is 32.1. The van der Waals surface area contributed by atoms with E-state index in [0.29, 0.717) is 37.5 Å². The van der Waals surface area contributed by atoms with E-state index in [0.717, 1.165) is 4.88 Å². The molecule has 1 aliphatic heterocycles. The molecule has 2 aromatic heterocycles. The highest BCUT2D eigenvalue weighted by Crippen LogP contribution is 2.22. The number of carbonyl (C=O) groups is 2. The van der Waals surface area contributed by atoms with Gasteiger partial charge >= 0.3 is 0 Å². The van der Waals surface area contributed by atoms with Crippen LogP contribution < -0.4 is 10.1 Å². The molecule has 0 aromatic carbocycles. The first-order valence-corrected chi connectivity index (χ1v) is 8.69. The summed E-state index contributed by atoms with van der Waals surface area (Å²) in [5.74, 6) is 0.460. The lowest BCUT2D eigenvalue weighted by molar-refractivity contribution is -0.121. The van der Waals surface area contributed by atoms with E-state index in [2.05, 4.69) is 10.3 Å². The molecule has 6 nitrogen and oxygen atoms in total. The summed E-state index contributed by atoms with van der Waals surface area (Å²) in [6, 6.07) is 7.18. The Hall–Kier alpha value is -2.41. The van der Waals surface area contributed by atoms with Crippen molar-refractivity contribution < 1.29 is 14.3 Å². The van der Waals surface area contributed by atoms with Gasteiger partial charge in [-0.25, -0.2) is 4.98 Å². The number of pyridine rings is 1. The second kappa shape index (κ2) is 7.44. The number of nitrogens with one attached hydrogen (secondary N) is 1. The highest BCUT2D eigenvalue weighted by molar-refractivity contribution is 7.12. The van der Waals surface area contributed by atoms with E-state index in [1.807, 2.05) is 22.4 Å². The number of likely N-dealkylation sites (tertiary alicyclic amines) is 1. The fourth-order valence-electron chi connectivity index (χ4n) is 2.72. The second-order valence-corrected chi connectivity index (χ2v) is 6.57. The number of nitrogens with zero attached hydrogens (tertiary/aromatic N) is 2. The van der Waals surface area contributed by atoms with Crippen molar-refractivity contribution in [1.29, 1.82) is 0 Å². The Balaban J connectivity index is 1.52. The molecule has 0 spiro atoms. The molecule has 0 aliphatic carbocycles. The zero-order valence-corrected chi connectivity index (χ0v) is 14.2. The van der Waals surface area contributed by atoms with Crippen LogP contribution in [0.2, 0.25) is 0 Å². The number of ether oxygens (including phenoxy) is 1. The Kier molecular flexibility index (Phi) is 5.10. The van der Waals surface area contributed by atoms with Gasteiger partial charge in [0.1, 0.15) is 0 Å². The zero-order valence-electron chi connectivity index (χ0n) is 13.4. The summed E-state index contributed by atoms with van der Waals surface area (Å²) in [5, 5.41) is 4.78. The Morgan fingerprint density at radius 2 is 2.08 bits per heavy atom. The average molecular weight is 345 g/mol. The van der Waals surface area contributed by atoms with Crippen LogP contribution in [-0.2, 0) is 4.79 Å². The van der Waals surface area contributed by atoms with Gasteiger partial charge < -0.3 is 15.0 Å². The molecule has 0 saturated carbocycles. The first-order chi connectivity index (χ1) is 11.7. The van der Waals surface area contributed by atoms with Crippen molar-refractivity contribution in [2.24, 2.45) is 5.92 Å². The number of piperidine rings is 1. The average Bonchev–Trinajstić information content (AvgIpc) is 3.16. The summed E-state index contributed by atoms with van der Waals surface area (Å²) in [5.41, 5.74) is 0.651. The van der Waals surface area contributed by atoms with E-state index in [-0.39, 0.29) is 17.7 Å². The van der Waals surface area contributed by atoms with Crippen LogP contribution in [0.3, 0.4) is 0 Å². The van der Waals surface area contributed by atoms with E-state index >= 15 is 0 Å². The molecule has 0 atom stereocenters. The van der Waals surface area contributed by atoms with Crippen LogP contribution in [0, 0.1) is 5.92 Å². The fourth-order valence-corrected chi connectivity index (χ4v) is 3.41. The Morgan fingerprint density at radius 3 is 2.67 bits per heavy atom. The van der Waals surface area contributed by atoms with Crippen LogP contribution >= 0.6 is 11.3 Å². The van der Waals surface area contributed by atoms with Crippen molar-refractivity contribution in [3.63, 3.8) is 0 Å². The predicted octanol–water partition coefficient (Wildman–Crippen LogP) is 2.64. The summed E-state index contributed by atoms with van der Waals surface area (Å²) in [4.78, 5) is 31.3. The summed E-state index contributed by atoms with van der Waals surface area (Å²) in [6.45, 7) is 1.21. The third-order valence-corrected chi connectivity index (χ3v) is 4.96. The van der Waals surface area contributed by atoms with E-state index in [9.17, 15) is 9.59 Å². The molecule has 3 rings (SSSR count). The minimum Gasteiger partial charge on any atom is -0.481 e. The molecule has 0 radical (unpaired) electrons. The zero-order chi connectivity index (χ0) is 16.9. The Labute approximate surface area is 144 Å². The minimum atomic E-state index is -0.0838. The molecule has 1 N–H and O–H groups in total. The number of rotatable bonds is 4. The molecule has 0 unspecified atom stereocenters. The number of anilines is 1. The SMILES string of the molecule is COc1ccc(NC(=O)C2CCN(C(=O)c3cccs3)CC2)cn1. The maximum Gasteiger partial charge on any atom is 0.263 e. The van der Waals surface area contributed by atoms with Gasteiger partial charge in [-0.05, 0) is 30.4 Å². The third-order valence-electron chi connectivity index (χ3n) is 4.10. The van der Waals surface area contributed by atoms with Crippen molar-refractivity contribution in [3.05, 3.63) is 40.7 Å². The molecule has 1 saturated heterocycles. The van der Waals surface area contributed by atoms with Crippen LogP contribution in [0.5, 0.6) is 5.88 Å². The molecule has 3 heterocycles. The van der Waals surface area contributed by atoms with Crippen molar-refractivity contribution >= 4 is 28.8 Å². The van der Waals surface area contributed by atoms with Gasteiger partial charge in [0, 0.05) is 25.1 Å². The van der Waals surface area contributed by atoms with Gasteiger partial charge in [-0.2, -0.15) is 0 Å². The van der Waals surface area contributed by atoms with Crippen molar-refractivity contribution in [1.82, 2.24) is 9.88 Å². The summed E-state index contributed by atoms with van der Waals surface area (Å²) < 4.78 is 4.99. The number of carbonyl (C=O) groups excluding carboxylic acids is 2. The lowest BCUT2D eigenvalue weighted by atomic mass is 9.95. The van der Waals surface area contributed by atoms with E-state index in [1.54, 1.807) is 25.4 Å². The van der Waals surface area contributed by atoms with Crippen molar-refractivity contribution in [3.8, 4) is 5.88 Å². The summed E-state index contributed by atoms with van der Waals surface area (Å²) >= 11 is 1.45. The first kappa shape index (κ1) is 16.4. The van der Waals surface area contributed by atoms with E-state index < -0.39 is 0 Å². The maximum absolute atomic E-state index is 12.4. The molecule has 1 aliphatic rings. The van der Waals surface area contributed by atoms with Gasteiger partial charge in [-0.15, -0.1) is 11.3 Å². The van der Waals surface area contributed by atoms with E-state index in [4.69, 9.17) is 4.74 Å². The molecule has 0 bridgehead atoms. The number of aromatic nitrogens is 1. The van der Waals surface area contributed by atoms with Crippen molar-refractivity contribution in [2.75, 3.05) is 25.5 Å². The van der Waals surface area contributed by atoms with Gasteiger partial charge in [-0.3, -0.25) is 9.59 Å². The fraction of sp³-hybridized carbons (Fsp3) is 0.353. The third kappa shape index (κ3) is 3.73. The van der Waals surface area contributed by atoms with Gasteiger partial charge in [0.25, 0.3) is 5.91 Å². The van der Waals surface area contributed by atoms with Gasteiger partial charge in [0.15, 0.2) is 0 Å². The van der Waals surface area contributed by atoms with Gasteiger partial charge in [-0.1, -0.05) is 6.07 Å². The lowest BCUT2D eigenvalue weighted by Gasteiger charge is -2.31. The van der Waals surface area contributed by atoms with Crippen molar-refractivity contribution in [2.45, 2.75) is 12.8 Å². The van der Waals surface area contributed by atoms with Gasteiger partial charge in [0.2, 0.25) is 11.8 Å². The maximum atomic E-state index is 12.4.